The smallest absolute Gasteiger partial charge is 0.243 e. The molecule has 0 aromatic heterocycles. The van der Waals surface area contributed by atoms with Crippen molar-refractivity contribution in [2.24, 2.45) is 0 Å². The molecule has 37 heavy (non-hydrogen) atoms. The molecule has 0 unspecified atom stereocenters. The molecule has 0 aliphatic carbocycles. The molecular formula is C30H35FN2O3S. The average Bonchev–Trinajstić information content (AvgIpc) is 2.92. The molecule has 5 nitrogen and oxygen atoms in total. The Hall–Kier alpha value is -3.32. The SMILES string of the molecule is CC[C@H](C)NC(=O)[C@H](Cc1ccccc1)N(Cc1ccc(F)cc1)C(=O)CSCc1ccc(OC)cc1. The molecular weight excluding hydrogens is 487 g/mol. The number of hydrogen-bond acceptors (Lipinski definition) is 4. The van der Waals surface area contributed by atoms with Crippen LogP contribution in [0.5, 0.6) is 5.75 Å². The lowest BCUT2D eigenvalue weighted by molar-refractivity contribution is -0.139. The molecule has 0 saturated carbocycles. The Labute approximate surface area is 223 Å². The summed E-state index contributed by atoms with van der Waals surface area (Å²) in [5.74, 6) is 0.993. The van der Waals surface area contributed by atoms with Crippen molar-refractivity contribution < 1.29 is 18.7 Å². The first-order valence-corrected chi connectivity index (χ1v) is 13.6. The highest BCUT2D eigenvalue weighted by molar-refractivity contribution is 7.99. The largest absolute Gasteiger partial charge is 0.497 e. The highest BCUT2D eigenvalue weighted by Crippen LogP contribution is 2.20. The monoisotopic (exact) mass is 522 g/mol. The Bertz CT molecular complexity index is 1120. The molecule has 0 heterocycles. The Kier molecular flexibility index (Phi) is 11.0. The van der Waals surface area contributed by atoms with Crippen molar-refractivity contribution in [3.63, 3.8) is 0 Å². The van der Waals surface area contributed by atoms with E-state index in [1.54, 1.807) is 24.1 Å². The Morgan fingerprint density at radius 3 is 2.22 bits per heavy atom. The summed E-state index contributed by atoms with van der Waals surface area (Å²) < 4.78 is 18.8. The third-order valence-corrected chi connectivity index (χ3v) is 7.18. The summed E-state index contributed by atoms with van der Waals surface area (Å²) in [6, 6.07) is 22.8. The molecule has 1 N–H and O–H groups in total. The number of methoxy groups -OCH3 is 1. The van der Waals surface area contributed by atoms with Crippen molar-refractivity contribution in [2.45, 2.75) is 51.1 Å². The van der Waals surface area contributed by atoms with Crippen LogP contribution in [0.25, 0.3) is 0 Å². The molecule has 3 rings (SSSR count). The van der Waals surface area contributed by atoms with E-state index in [-0.39, 0.29) is 36.0 Å². The third-order valence-electron chi connectivity index (χ3n) is 6.19. The summed E-state index contributed by atoms with van der Waals surface area (Å²) in [7, 11) is 1.63. The normalized spacial score (nSPS) is 12.4. The first kappa shape index (κ1) is 28.3. The first-order valence-electron chi connectivity index (χ1n) is 12.5. The maximum atomic E-state index is 13.6. The van der Waals surface area contributed by atoms with Gasteiger partial charge in [0.25, 0.3) is 0 Å². The van der Waals surface area contributed by atoms with Crippen molar-refractivity contribution in [3.05, 3.63) is 101 Å². The second-order valence-corrected chi connectivity index (χ2v) is 10.00. The molecule has 2 amide bonds. The van der Waals surface area contributed by atoms with E-state index >= 15 is 0 Å². The number of carbonyl (C=O) groups excluding carboxylic acids is 2. The summed E-state index contributed by atoms with van der Waals surface area (Å²) in [6.07, 6.45) is 1.17. The van der Waals surface area contributed by atoms with Gasteiger partial charge in [-0.15, -0.1) is 11.8 Å². The third kappa shape index (κ3) is 8.93. The van der Waals surface area contributed by atoms with Crippen LogP contribution in [0.3, 0.4) is 0 Å². The van der Waals surface area contributed by atoms with Gasteiger partial charge in [-0.25, -0.2) is 4.39 Å². The summed E-state index contributed by atoms with van der Waals surface area (Å²) in [5, 5.41) is 3.06. The van der Waals surface area contributed by atoms with E-state index in [4.69, 9.17) is 4.74 Å². The average molecular weight is 523 g/mol. The van der Waals surface area contributed by atoms with Gasteiger partial charge in [-0.1, -0.05) is 61.5 Å². The molecule has 0 saturated heterocycles. The minimum Gasteiger partial charge on any atom is -0.497 e. The van der Waals surface area contributed by atoms with E-state index in [0.717, 1.165) is 28.9 Å². The lowest BCUT2D eigenvalue weighted by atomic mass is 10.0. The Morgan fingerprint density at radius 2 is 1.59 bits per heavy atom. The predicted octanol–water partition coefficient (Wildman–Crippen LogP) is 5.62. The fraction of sp³-hybridized carbons (Fsp3) is 0.333. The van der Waals surface area contributed by atoms with Gasteiger partial charge in [-0.05, 0) is 54.3 Å². The molecule has 196 valence electrons. The standard InChI is InChI=1S/C30H35FN2O3S/c1-4-22(2)32-30(35)28(18-23-8-6-5-7-9-23)33(19-24-10-14-26(31)15-11-24)29(34)21-37-20-25-12-16-27(36-3)17-13-25/h5-17,22,28H,4,18-21H2,1-3H3,(H,32,35)/t22-,28-/m0/s1. The van der Waals surface area contributed by atoms with Crippen LogP contribution in [0.4, 0.5) is 4.39 Å². The number of carbonyl (C=O) groups is 2. The van der Waals surface area contributed by atoms with Gasteiger partial charge in [0.15, 0.2) is 0 Å². The van der Waals surface area contributed by atoms with Crippen molar-refractivity contribution in [1.82, 2.24) is 10.2 Å². The molecule has 7 heteroatoms. The summed E-state index contributed by atoms with van der Waals surface area (Å²) in [5.41, 5.74) is 2.82. The van der Waals surface area contributed by atoms with Gasteiger partial charge in [-0.2, -0.15) is 0 Å². The number of ether oxygens (including phenoxy) is 1. The van der Waals surface area contributed by atoms with Crippen LogP contribution in [0.1, 0.15) is 37.0 Å². The molecule has 0 fully saturated rings. The number of nitrogens with one attached hydrogen (secondary N) is 1. The van der Waals surface area contributed by atoms with Gasteiger partial charge in [0.1, 0.15) is 17.6 Å². The lowest BCUT2D eigenvalue weighted by Crippen LogP contribution is -2.52. The topological polar surface area (TPSA) is 58.6 Å². The molecule has 0 spiro atoms. The molecule has 3 aromatic rings. The maximum absolute atomic E-state index is 13.6. The number of amides is 2. The molecule has 0 aliphatic rings. The number of rotatable bonds is 13. The number of benzene rings is 3. The van der Waals surface area contributed by atoms with E-state index in [9.17, 15) is 14.0 Å². The minimum atomic E-state index is -0.699. The second kappa shape index (κ2) is 14.4. The molecule has 0 bridgehead atoms. The zero-order chi connectivity index (χ0) is 26.6. The minimum absolute atomic E-state index is 0.0157. The highest BCUT2D eigenvalue weighted by atomic mass is 32.2. The lowest BCUT2D eigenvalue weighted by Gasteiger charge is -2.32. The maximum Gasteiger partial charge on any atom is 0.243 e. The van der Waals surface area contributed by atoms with Gasteiger partial charge in [-0.3, -0.25) is 9.59 Å². The summed E-state index contributed by atoms with van der Waals surface area (Å²) in [4.78, 5) is 28.7. The van der Waals surface area contributed by atoms with Crippen LogP contribution < -0.4 is 10.1 Å². The Balaban J connectivity index is 1.82. The molecule has 0 aliphatic heterocycles. The zero-order valence-electron chi connectivity index (χ0n) is 21.7. The van der Waals surface area contributed by atoms with Crippen LogP contribution in [0, 0.1) is 5.82 Å². The van der Waals surface area contributed by atoms with Gasteiger partial charge in [0.05, 0.1) is 12.9 Å². The molecule has 2 atom stereocenters. The fourth-order valence-electron chi connectivity index (χ4n) is 3.84. The molecule has 0 radical (unpaired) electrons. The van der Waals surface area contributed by atoms with E-state index < -0.39 is 6.04 Å². The highest BCUT2D eigenvalue weighted by Gasteiger charge is 2.30. The number of halogens is 1. The number of hydrogen-bond donors (Lipinski definition) is 1. The Morgan fingerprint density at radius 1 is 0.946 bits per heavy atom. The van der Waals surface area contributed by atoms with Gasteiger partial charge in [0, 0.05) is 24.8 Å². The molecule has 3 aromatic carbocycles. The van der Waals surface area contributed by atoms with Crippen LogP contribution in [-0.4, -0.2) is 41.7 Å². The fourth-order valence-corrected chi connectivity index (χ4v) is 4.71. The van der Waals surface area contributed by atoms with Crippen molar-refractivity contribution in [3.8, 4) is 5.75 Å². The van der Waals surface area contributed by atoms with Gasteiger partial charge in [0.2, 0.25) is 11.8 Å². The van der Waals surface area contributed by atoms with Crippen LogP contribution in [0.15, 0.2) is 78.9 Å². The van der Waals surface area contributed by atoms with E-state index in [1.165, 1.54) is 23.9 Å². The quantitative estimate of drug-likeness (QED) is 0.317. The second-order valence-electron chi connectivity index (χ2n) is 9.01. The van der Waals surface area contributed by atoms with Crippen molar-refractivity contribution >= 4 is 23.6 Å². The number of nitrogens with zero attached hydrogens (tertiary/aromatic N) is 1. The summed E-state index contributed by atoms with van der Waals surface area (Å²) in [6.45, 7) is 4.18. The van der Waals surface area contributed by atoms with Crippen LogP contribution in [0.2, 0.25) is 0 Å². The van der Waals surface area contributed by atoms with E-state index in [2.05, 4.69) is 5.32 Å². The van der Waals surface area contributed by atoms with Gasteiger partial charge >= 0.3 is 0 Å². The number of thioether (sulfide) groups is 1. The first-order chi connectivity index (χ1) is 17.9. The predicted molar refractivity (Wildman–Crippen MR) is 148 cm³/mol. The van der Waals surface area contributed by atoms with E-state index in [0.29, 0.717) is 12.2 Å². The zero-order valence-corrected chi connectivity index (χ0v) is 22.5. The van der Waals surface area contributed by atoms with Crippen molar-refractivity contribution in [2.75, 3.05) is 12.9 Å². The van der Waals surface area contributed by atoms with Gasteiger partial charge < -0.3 is 15.0 Å². The van der Waals surface area contributed by atoms with Crippen LogP contribution in [-0.2, 0) is 28.3 Å². The van der Waals surface area contributed by atoms with Crippen LogP contribution >= 0.6 is 11.8 Å². The van der Waals surface area contributed by atoms with E-state index in [1.807, 2.05) is 68.4 Å². The van der Waals surface area contributed by atoms with Crippen molar-refractivity contribution in [1.29, 1.82) is 0 Å². The summed E-state index contributed by atoms with van der Waals surface area (Å²) >= 11 is 1.50.